The van der Waals surface area contributed by atoms with Gasteiger partial charge in [0.2, 0.25) is 5.91 Å². The van der Waals surface area contributed by atoms with E-state index in [4.69, 9.17) is 15.2 Å². The van der Waals surface area contributed by atoms with Crippen LogP contribution in [0.4, 0.5) is 0 Å². The molecular formula is C15H32N2O3. The van der Waals surface area contributed by atoms with Crippen LogP contribution in [0, 0.1) is 0 Å². The summed E-state index contributed by atoms with van der Waals surface area (Å²) in [6, 6.07) is 0.231. The van der Waals surface area contributed by atoms with Gasteiger partial charge in [-0.25, -0.2) is 0 Å². The second kappa shape index (κ2) is 10.1. The SMILES string of the molecule is CCOCC(C)OCCCCC(C)(NC(C)C)C(N)=O. The molecule has 2 unspecified atom stereocenters. The van der Waals surface area contributed by atoms with Gasteiger partial charge in [0.25, 0.3) is 0 Å². The molecule has 0 saturated heterocycles. The van der Waals surface area contributed by atoms with Crippen molar-refractivity contribution in [3.05, 3.63) is 0 Å². The van der Waals surface area contributed by atoms with Gasteiger partial charge in [0.05, 0.1) is 18.2 Å². The fourth-order valence-electron chi connectivity index (χ4n) is 2.10. The topological polar surface area (TPSA) is 73.6 Å². The van der Waals surface area contributed by atoms with Crippen LogP contribution < -0.4 is 11.1 Å². The average Bonchev–Trinajstić information content (AvgIpc) is 2.34. The van der Waals surface area contributed by atoms with Gasteiger partial charge < -0.3 is 20.5 Å². The molecule has 0 saturated carbocycles. The van der Waals surface area contributed by atoms with Crippen LogP contribution in [0.15, 0.2) is 0 Å². The molecule has 0 heterocycles. The third-order valence-electron chi connectivity index (χ3n) is 3.18. The lowest BCUT2D eigenvalue weighted by Gasteiger charge is -2.30. The minimum absolute atomic E-state index is 0.117. The standard InChI is InChI=1S/C15H32N2O3/c1-6-19-11-13(4)20-10-8-7-9-15(5,14(16)18)17-12(2)3/h12-13,17H,6-11H2,1-5H3,(H2,16,18). The third-order valence-corrected chi connectivity index (χ3v) is 3.18. The number of nitrogens with one attached hydrogen (secondary N) is 1. The minimum Gasteiger partial charge on any atom is -0.379 e. The summed E-state index contributed by atoms with van der Waals surface area (Å²) in [6.07, 6.45) is 2.66. The molecule has 2 atom stereocenters. The minimum atomic E-state index is -0.634. The Balaban J connectivity index is 3.87. The van der Waals surface area contributed by atoms with Crippen molar-refractivity contribution < 1.29 is 14.3 Å². The monoisotopic (exact) mass is 288 g/mol. The van der Waals surface area contributed by atoms with Crippen molar-refractivity contribution in [3.63, 3.8) is 0 Å². The first-order valence-corrected chi connectivity index (χ1v) is 7.58. The largest absolute Gasteiger partial charge is 0.379 e. The Labute approximate surface area is 123 Å². The first kappa shape index (κ1) is 19.4. The highest BCUT2D eigenvalue weighted by Crippen LogP contribution is 2.15. The first-order valence-electron chi connectivity index (χ1n) is 7.58. The molecule has 20 heavy (non-hydrogen) atoms. The van der Waals surface area contributed by atoms with Gasteiger partial charge in [-0.1, -0.05) is 0 Å². The second-order valence-electron chi connectivity index (χ2n) is 5.79. The van der Waals surface area contributed by atoms with Crippen LogP contribution in [0.25, 0.3) is 0 Å². The Hall–Kier alpha value is -0.650. The lowest BCUT2D eigenvalue weighted by Crippen LogP contribution is -2.55. The molecule has 120 valence electrons. The zero-order valence-corrected chi connectivity index (χ0v) is 13.7. The lowest BCUT2D eigenvalue weighted by molar-refractivity contribution is -0.124. The number of carbonyl (C=O) groups excluding carboxylic acids is 1. The number of primary amides is 1. The Morgan fingerprint density at radius 2 is 1.95 bits per heavy atom. The second-order valence-corrected chi connectivity index (χ2v) is 5.79. The van der Waals surface area contributed by atoms with Crippen LogP contribution in [0.3, 0.4) is 0 Å². The number of unbranched alkanes of at least 4 members (excludes halogenated alkanes) is 1. The van der Waals surface area contributed by atoms with Crippen LogP contribution in [-0.2, 0) is 14.3 Å². The van der Waals surface area contributed by atoms with E-state index in [0.717, 1.165) is 19.3 Å². The van der Waals surface area contributed by atoms with Gasteiger partial charge in [-0.2, -0.15) is 0 Å². The highest BCUT2D eigenvalue weighted by molar-refractivity contribution is 5.84. The summed E-state index contributed by atoms with van der Waals surface area (Å²) in [5.41, 5.74) is 4.85. The Bertz CT molecular complexity index is 272. The van der Waals surface area contributed by atoms with E-state index in [0.29, 0.717) is 19.8 Å². The summed E-state index contributed by atoms with van der Waals surface area (Å²) in [5, 5.41) is 3.25. The van der Waals surface area contributed by atoms with Crippen molar-refractivity contribution in [2.75, 3.05) is 19.8 Å². The van der Waals surface area contributed by atoms with E-state index >= 15 is 0 Å². The molecule has 0 radical (unpaired) electrons. The number of carbonyl (C=O) groups is 1. The van der Waals surface area contributed by atoms with Crippen LogP contribution in [0.1, 0.15) is 53.9 Å². The van der Waals surface area contributed by atoms with E-state index < -0.39 is 5.54 Å². The van der Waals surface area contributed by atoms with Crippen molar-refractivity contribution in [2.45, 2.75) is 71.6 Å². The van der Waals surface area contributed by atoms with Crippen molar-refractivity contribution in [2.24, 2.45) is 5.73 Å². The zero-order valence-electron chi connectivity index (χ0n) is 13.7. The molecule has 0 rings (SSSR count). The summed E-state index contributed by atoms with van der Waals surface area (Å²) in [7, 11) is 0. The molecule has 0 aromatic carbocycles. The van der Waals surface area contributed by atoms with E-state index in [1.165, 1.54) is 0 Å². The number of nitrogens with two attached hydrogens (primary N) is 1. The Morgan fingerprint density at radius 1 is 1.30 bits per heavy atom. The Morgan fingerprint density at radius 3 is 2.45 bits per heavy atom. The van der Waals surface area contributed by atoms with E-state index in [2.05, 4.69) is 5.32 Å². The van der Waals surface area contributed by atoms with Crippen LogP contribution in [0.2, 0.25) is 0 Å². The summed E-state index contributed by atoms with van der Waals surface area (Å²) in [6.45, 7) is 11.9. The van der Waals surface area contributed by atoms with Crippen molar-refractivity contribution in [1.29, 1.82) is 0 Å². The van der Waals surface area contributed by atoms with Crippen LogP contribution in [0.5, 0.6) is 0 Å². The molecule has 5 nitrogen and oxygen atoms in total. The van der Waals surface area contributed by atoms with E-state index in [-0.39, 0.29) is 18.1 Å². The molecule has 3 N–H and O–H groups in total. The van der Waals surface area contributed by atoms with Crippen molar-refractivity contribution >= 4 is 5.91 Å². The van der Waals surface area contributed by atoms with Gasteiger partial charge in [-0.05, 0) is 53.9 Å². The van der Waals surface area contributed by atoms with Gasteiger partial charge in [0.15, 0.2) is 0 Å². The molecular weight excluding hydrogens is 256 g/mol. The van der Waals surface area contributed by atoms with Gasteiger partial charge in [0.1, 0.15) is 0 Å². The summed E-state index contributed by atoms with van der Waals surface area (Å²) in [4.78, 5) is 11.6. The maximum atomic E-state index is 11.6. The van der Waals surface area contributed by atoms with Gasteiger partial charge in [-0.15, -0.1) is 0 Å². The fraction of sp³-hybridized carbons (Fsp3) is 0.933. The van der Waals surface area contributed by atoms with Crippen LogP contribution >= 0.6 is 0 Å². The van der Waals surface area contributed by atoms with E-state index in [1.54, 1.807) is 0 Å². The lowest BCUT2D eigenvalue weighted by atomic mass is 9.93. The average molecular weight is 288 g/mol. The third kappa shape index (κ3) is 8.51. The van der Waals surface area contributed by atoms with Crippen LogP contribution in [-0.4, -0.2) is 43.4 Å². The molecule has 1 amide bonds. The molecule has 0 aliphatic heterocycles. The van der Waals surface area contributed by atoms with E-state index in [1.807, 2.05) is 34.6 Å². The quantitative estimate of drug-likeness (QED) is 0.537. The van der Waals surface area contributed by atoms with Gasteiger partial charge in [-0.3, -0.25) is 4.79 Å². The smallest absolute Gasteiger partial charge is 0.237 e. The number of ether oxygens (including phenoxy) is 2. The molecule has 0 bridgehead atoms. The number of rotatable bonds is 12. The normalized spacial score (nSPS) is 16.1. The number of hydrogen-bond acceptors (Lipinski definition) is 4. The predicted octanol–water partition coefficient (Wildman–Crippen LogP) is 1.84. The molecule has 0 fully saturated rings. The molecule has 0 aliphatic carbocycles. The maximum absolute atomic E-state index is 11.6. The van der Waals surface area contributed by atoms with E-state index in [9.17, 15) is 4.79 Å². The molecule has 0 aliphatic rings. The summed E-state index contributed by atoms with van der Waals surface area (Å²) in [5.74, 6) is -0.295. The van der Waals surface area contributed by atoms with Gasteiger partial charge >= 0.3 is 0 Å². The first-order chi connectivity index (χ1) is 9.31. The van der Waals surface area contributed by atoms with Crippen molar-refractivity contribution in [3.8, 4) is 0 Å². The van der Waals surface area contributed by atoms with Gasteiger partial charge in [0, 0.05) is 19.3 Å². The fourth-order valence-corrected chi connectivity index (χ4v) is 2.10. The highest BCUT2D eigenvalue weighted by Gasteiger charge is 2.30. The Kier molecular flexibility index (Phi) is 9.80. The molecule has 0 spiro atoms. The highest BCUT2D eigenvalue weighted by atomic mass is 16.5. The zero-order chi connectivity index (χ0) is 15.6. The molecule has 0 aromatic heterocycles. The summed E-state index contributed by atoms with van der Waals surface area (Å²) >= 11 is 0. The molecule has 5 heteroatoms. The van der Waals surface area contributed by atoms with Crippen molar-refractivity contribution in [1.82, 2.24) is 5.32 Å². The molecule has 0 aromatic rings. The number of hydrogen-bond donors (Lipinski definition) is 2. The maximum Gasteiger partial charge on any atom is 0.237 e. The predicted molar refractivity (Wildman–Crippen MR) is 81.6 cm³/mol. The number of amides is 1. The summed E-state index contributed by atoms with van der Waals surface area (Å²) < 4.78 is 10.9.